The summed E-state index contributed by atoms with van der Waals surface area (Å²) in [6.07, 6.45) is 3.81. The maximum atomic E-state index is 12.9. The van der Waals surface area contributed by atoms with Crippen molar-refractivity contribution < 1.29 is 9.59 Å². The number of benzene rings is 2. The molecule has 1 aromatic heterocycles. The minimum absolute atomic E-state index is 0.0237. The summed E-state index contributed by atoms with van der Waals surface area (Å²) in [6.45, 7) is 2.35. The molecule has 1 fully saturated rings. The number of hydrogen-bond acceptors (Lipinski definition) is 5. The van der Waals surface area contributed by atoms with Gasteiger partial charge >= 0.3 is 0 Å². The van der Waals surface area contributed by atoms with Crippen molar-refractivity contribution in [3.8, 4) is 0 Å². The second-order valence-corrected chi connectivity index (χ2v) is 8.75. The number of aromatic amines is 1. The third-order valence-corrected chi connectivity index (χ3v) is 6.54. The van der Waals surface area contributed by atoms with Gasteiger partial charge in [-0.15, -0.1) is 0 Å². The van der Waals surface area contributed by atoms with Gasteiger partial charge in [0.15, 0.2) is 5.16 Å². The Hall–Kier alpha value is -3.13. The van der Waals surface area contributed by atoms with Crippen LogP contribution in [0.1, 0.15) is 34.3 Å². The quantitative estimate of drug-likeness (QED) is 0.533. The number of carbonyl (C=O) groups excluding carboxylic acids is 2. The molecule has 32 heavy (non-hydrogen) atoms. The molecule has 3 aromatic rings. The Bertz CT molecular complexity index is 1000. The molecule has 1 aliphatic rings. The van der Waals surface area contributed by atoms with Crippen molar-refractivity contribution in [3.05, 3.63) is 77.6 Å². The van der Waals surface area contributed by atoms with Crippen molar-refractivity contribution in [2.24, 2.45) is 0 Å². The molecule has 0 atom stereocenters. The van der Waals surface area contributed by atoms with Crippen LogP contribution in [0.4, 0.5) is 0 Å². The molecule has 4 rings (SSSR count). The van der Waals surface area contributed by atoms with E-state index in [2.05, 4.69) is 27.3 Å². The fourth-order valence-corrected chi connectivity index (χ4v) is 4.48. The summed E-state index contributed by atoms with van der Waals surface area (Å²) in [5.41, 5.74) is 3.06. The lowest BCUT2D eigenvalue weighted by Gasteiger charge is -2.35. The number of hydrogen-bond donors (Lipinski definition) is 1. The molecule has 0 spiro atoms. The average Bonchev–Trinajstić information content (AvgIpc) is 3.37. The number of amides is 2. The van der Waals surface area contributed by atoms with Crippen molar-refractivity contribution in [3.63, 3.8) is 0 Å². The molecule has 1 N–H and O–H groups in total. The largest absolute Gasteiger partial charge is 0.339 e. The molecule has 0 saturated carbocycles. The minimum Gasteiger partial charge on any atom is -0.339 e. The van der Waals surface area contributed by atoms with E-state index < -0.39 is 0 Å². The fourth-order valence-electron chi connectivity index (χ4n) is 3.75. The van der Waals surface area contributed by atoms with Crippen molar-refractivity contribution in [2.45, 2.75) is 30.2 Å². The summed E-state index contributed by atoms with van der Waals surface area (Å²) in [7, 11) is 0. The zero-order valence-corrected chi connectivity index (χ0v) is 18.8. The predicted molar refractivity (Wildman–Crippen MR) is 124 cm³/mol. The number of thioether (sulfide) groups is 1. The highest BCUT2D eigenvalue weighted by Gasteiger charge is 2.24. The Morgan fingerprint density at radius 2 is 1.62 bits per heavy atom. The maximum absolute atomic E-state index is 12.9. The summed E-state index contributed by atoms with van der Waals surface area (Å²) in [5.74, 6) is 0.964. The van der Waals surface area contributed by atoms with Crippen LogP contribution in [0.3, 0.4) is 0 Å². The molecule has 2 heterocycles. The van der Waals surface area contributed by atoms with Crippen molar-refractivity contribution >= 4 is 23.6 Å². The summed E-state index contributed by atoms with van der Waals surface area (Å²) >= 11 is 1.57. The van der Waals surface area contributed by atoms with Gasteiger partial charge in [0.05, 0.1) is 0 Å². The van der Waals surface area contributed by atoms with Crippen LogP contribution in [0.15, 0.2) is 66.1 Å². The normalized spacial score (nSPS) is 13.9. The first kappa shape index (κ1) is 22.1. The summed E-state index contributed by atoms with van der Waals surface area (Å²) in [4.78, 5) is 33.2. The number of aryl methyl sites for hydroxylation is 1. The first-order valence-corrected chi connectivity index (χ1v) is 11.9. The third-order valence-electron chi connectivity index (χ3n) is 5.59. The van der Waals surface area contributed by atoms with E-state index in [1.165, 1.54) is 11.9 Å². The van der Waals surface area contributed by atoms with Gasteiger partial charge in [0.25, 0.3) is 5.91 Å². The number of H-pyrrole nitrogens is 1. The molecule has 7 nitrogen and oxygen atoms in total. The Kier molecular flexibility index (Phi) is 7.55. The van der Waals surface area contributed by atoms with E-state index in [0.29, 0.717) is 38.2 Å². The standard InChI is InChI=1S/C24H27N5O2S/c30-22(8-4-7-19-5-2-1-3-6-19)28-13-15-29(16-14-28)23(31)21-11-9-20(10-12-21)17-32-24-25-18-26-27-24/h1-3,5-6,9-12,18H,4,7-8,13-17H2,(H,25,26,27). The van der Waals surface area contributed by atoms with Gasteiger partial charge in [0.2, 0.25) is 5.91 Å². The molecular weight excluding hydrogens is 422 g/mol. The monoisotopic (exact) mass is 449 g/mol. The number of piperazine rings is 1. The number of nitrogens with one attached hydrogen (secondary N) is 1. The zero-order chi connectivity index (χ0) is 22.2. The summed E-state index contributed by atoms with van der Waals surface area (Å²) < 4.78 is 0. The molecule has 0 unspecified atom stereocenters. The number of rotatable bonds is 8. The van der Waals surface area contributed by atoms with E-state index in [9.17, 15) is 9.59 Å². The van der Waals surface area contributed by atoms with Crippen LogP contribution >= 0.6 is 11.8 Å². The predicted octanol–water partition coefficient (Wildman–Crippen LogP) is 3.40. The van der Waals surface area contributed by atoms with Crippen LogP contribution in [0.5, 0.6) is 0 Å². The molecule has 2 aromatic carbocycles. The smallest absolute Gasteiger partial charge is 0.253 e. The summed E-state index contributed by atoms with van der Waals surface area (Å²) in [6, 6.07) is 17.9. The lowest BCUT2D eigenvalue weighted by molar-refractivity contribution is -0.132. The van der Waals surface area contributed by atoms with Gasteiger partial charge in [-0.3, -0.25) is 14.7 Å². The second kappa shape index (κ2) is 10.9. The third kappa shape index (κ3) is 5.97. The fraction of sp³-hybridized carbons (Fsp3) is 0.333. The molecule has 166 valence electrons. The van der Waals surface area contributed by atoms with Crippen LogP contribution in [-0.2, 0) is 17.0 Å². The van der Waals surface area contributed by atoms with Crippen LogP contribution < -0.4 is 0 Å². The molecule has 0 bridgehead atoms. The highest BCUT2D eigenvalue weighted by atomic mass is 32.2. The van der Waals surface area contributed by atoms with Gasteiger partial charge in [-0.1, -0.05) is 54.2 Å². The number of carbonyl (C=O) groups is 2. The Labute approximate surface area is 192 Å². The molecule has 2 amide bonds. The van der Waals surface area contributed by atoms with Crippen LogP contribution in [0, 0.1) is 0 Å². The van der Waals surface area contributed by atoms with Gasteiger partial charge in [0, 0.05) is 43.9 Å². The average molecular weight is 450 g/mol. The van der Waals surface area contributed by atoms with E-state index in [0.717, 1.165) is 29.3 Å². The van der Waals surface area contributed by atoms with Gasteiger partial charge in [0.1, 0.15) is 6.33 Å². The minimum atomic E-state index is 0.0237. The maximum Gasteiger partial charge on any atom is 0.253 e. The van der Waals surface area contributed by atoms with Crippen molar-refractivity contribution in [1.82, 2.24) is 25.0 Å². The molecular formula is C24H27N5O2S. The van der Waals surface area contributed by atoms with E-state index in [1.54, 1.807) is 11.8 Å². The Morgan fingerprint density at radius 1 is 0.906 bits per heavy atom. The van der Waals surface area contributed by atoms with Crippen LogP contribution in [0.25, 0.3) is 0 Å². The van der Waals surface area contributed by atoms with Crippen LogP contribution in [-0.4, -0.2) is 63.0 Å². The van der Waals surface area contributed by atoms with E-state index >= 15 is 0 Å². The van der Waals surface area contributed by atoms with E-state index in [4.69, 9.17) is 0 Å². The highest BCUT2D eigenvalue weighted by molar-refractivity contribution is 7.98. The van der Waals surface area contributed by atoms with E-state index in [1.807, 2.05) is 52.3 Å². The van der Waals surface area contributed by atoms with Gasteiger partial charge < -0.3 is 9.80 Å². The first-order chi connectivity index (χ1) is 15.7. The van der Waals surface area contributed by atoms with Gasteiger partial charge in [-0.05, 0) is 36.1 Å². The lowest BCUT2D eigenvalue weighted by atomic mass is 10.1. The summed E-state index contributed by atoms with van der Waals surface area (Å²) in [5, 5.41) is 7.43. The van der Waals surface area contributed by atoms with Crippen LogP contribution in [0.2, 0.25) is 0 Å². The molecule has 0 radical (unpaired) electrons. The number of aromatic nitrogens is 3. The molecule has 0 aliphatic carbocycles. The lowest BCUT2D eigenvalue weighted by Crippen LogP contribution is -2.50. The first-order valence-electron chi connectivity index (χ1n) is 10.9. The zero-order valence-electron chi connectivity index (χ0n) is 17.9. The Morgan fingerprint density at radius 3 is 2.31 bits per heavy atom. The second-order valence-electron chi connectivity index (χ2n) is 7.79. The molecule has 1 saturated heterocycles. The van der Waals surface area contributed by atoms with Crippen molar-refractivity contribution in [2.75, 3.05) is 26.2 Å². The number of nitrogens with zero attached hydrogens (tertiary/aromatic N) is 4. The highest BCUT2D eigenvalue weighted by Crippen LogP contribution is 2.19. The topological polar surface area (TPSA) is 82.2 Å². The van der Waals surface area contributed by atoms with Gasteiger partial charge in [-0.2, -0.15) is 5.10 Å². The van der Waals surface area contributed by atoms with E-state index in [-0.39, 0.29) is 11.8 Å². The Balaban J connectivity index is 1.20. The van der Waals surface area contributed by atoms with Crippen molar-refractivity contribution in [1.29, 1.82) is 0 Å². The SMILES string of the molecule is O=C(CCCc1ccccc1)N1CCN(C(=O)c2ccc(CSc3ncn[nH]3)cc2)CC1. The molecule has 1 aliphatic heterocycles. The molecule has 8 heteroatoms. The van der Waals surface area contributed by atoms with Gasteiger partial charge in [-0.25, -0.2) is 4.98 Å².